The third-order valence-corrected chi connectivity index (χ3v) is 2.67. The van der Waals surface area contributed by atoms with Crippen LogP contribution in [0.4, 0.5) is 0 Å². The molecule has 0 aromatic rings. The first kappa shape index (κ1) is 5.89. The first-order valence-corrected chi connectivity index (χ1v) is 3.41. The fraction of sp³-hybridized carbons (Fsp3) is 0.714. The van der Waals surface area contributed by atoms with E-state index in [1.165, 1.54) is 0 Å². The van der Waals surface area contributed by atoms with Crippen molar-refractivity contribution in [3.05, 3.63) is 0 Å². The maximum Gasteiger partial charge on any atom is 0.320 e. The van der Waals surface area contributed by atoms with Gasteiger partial charge in [0.25, 0.3) is 0 Å². The molecule has 0 spiro atoms. The lowest BCUT2D eigenvalue weighted by molar-refractivity contribution is -0.154. The van der Waals surface area contributed by atoms with Crippen LogP contribution in [0.5, 0.6) is 0 Å². The highest BCUT2D eigenvalue weighted by Gasteiger charge is 2.60. The SMILES string of the molecule is CC12CCC1C(=O)OC2=O. The molecule has 2 aliphatic rings. The summed E-state index contributed by atoms with van der Waals surface area (Å²) < 4.78 is 4.47. The van der Waals surface area contributed by atoms with E-state index in [-0.39, 0.29) is 17.9 Å². The Labute approximate surface area is 58.4 Å². The number of carbonyl (C=O) groups excluding carboxylic acids is 2. The van der Waals surface area contributed by atoms with Crippen molar-refractivity contribution in [2.24, 2.45) is 11.3 Å². The molecule has 3 heteroatoms. The maximum atomic E-state index is 10.9. The van der Waals surface area contributed by atoms with Crippen molar-refractivity contribution in [2.45, 2.75) is 19.8 Å². The van der Waals surface area contributed by atoms with Crippen molar-refractivity contribution in [1.29, 1.82) is 0 Å². The molecule has 0 N–H and O–H groups in total. The maximum absolute atomic E-state index is 10.9. The number of esters is 2. The molecule has 0 aromatic carbocycles. The van der Waals surface area contributed by atoms with Crippen LogP contribution in [0.2, 0.25) is 0 Å². The van der Waals surface area contributed by atoms with Crippen molar-refractivity contribution in [3.8, 4) is 0 Å². The second-order valence-electron chi connectivity index (χ2n) is 3.22. The van der Waals surface area contributed by atoms with E-state index in [0.29, 0.717) is 0 Å². The third-order valence-electron chi connectivity index (χ3n) is 2.67. The Balaban J connectivity index is 2.37. The van der Waals surface area contributed by atoms with E-state index in [2.05, 4.69) is 4.74 Å². The van der Waals surface area contributed by atoms with Crippen LogP contribution in [0.25, 0.3) is 0 Å². The second-order valence-corrected chi connectivity index (χ2v) is 3.22. The fourth-order valence-corrected chi connectivity index (χ4v) is 1.62. The van der Waals surface area contributed by atoms with Crippen molar-refractivity contribution in [1.82, 2.24) is 0 Å². The highest BCUT2D eigenvalue weighted by molar-refractivity contribution is 6.00. The van der Waals surface area contributed by atoms with Gasteiger partial charge in [-0.15, -0.1) is 0 Å². The summed E-state index contributed by atoms with van der Waals surface area (Å²) >= 11 is 0. The first-order valence-electron chi connectivity index (χ1n) is 3.41. The number of hydrogen-bond acceptors (Lipinski definition) is 3. The van der Waals surface area contributed by atoms with Crippen LogP contribution < -0.4 is 0 Å². The van der Waals surface area contributed by atoms with E-state index in [1.54, 1.807) is 6.92 Å². The van der Waals surface area contributed by atoms with Gasteiger partial charge in [0.05, 0.1) is 11.3 Å². The Hall–Kier alpha value is -0.860. The Morgan fingerprint density at radius 1 is 1.60 bits per heavy atom. The van der Waals surface area contributed by atoms with Gasteiger partial charge in [-0.25, -0.2) is 0 Å². The lowest BCUT2D eigenvalue weighted by Crippen LogP contribution is -2.39. The molecule has 0 radical (unpaired) electrons. The molecule has 0 bridgehead atoms. The minimum Gasteiger partial charge on any atom is -0.392 e. The third kappa shape index (κ3) is 0.426. The molecule has 1 aliphatic heterocycles. The molecular formula is C7H8O3. The van der Waals surface area contributed by atoms with Crippen molar-refractivity contribution in [3.63, 3.8) is 0 Å². The normalized spacial score (nSPS) is 44.3. The van der Waals surface area contributed by atoms with E-state index in [1.807, 2.05) is 0 Å². The molecule has 2 atom stereocenters. The standard InChI is InChI=1S/C7H8O3/c1-7-3-2-4(7)5(8)10-6(7)9/h4H,2-3H2,1H3. The smallest absolute Gasteiger partial charge is 0.320 e. The van der Waals surface area contributed by atoms with Crippen LogP contribution in [0, 0.1) is 11.3 Å². The molecule has 1 saturated carbocycles. The molecule has 1 heterocycles. The average Bonchev–Trinajstić information content (AvgIpc) is 1.92. The number of rotatable bonds is 0. The Morgan fingerprint density at radius 2 is 2.30 bits per heavy atom. The molecule has 0 amide bonds. The van der Waals surface area contributed by atoms with Crippen LogP contribution in [0.15, 0.2) is 0 Å². The zero-order chi connectivity index (χ0) is 7.35. The van der Waals surface area contributed by atoms with Gasteiger partial charge in [0.15, 0.2) is 0 Å². The van der Waals surface area contributed by atoms with Crippen LogP contribution >= 0.6 is 0 Å². The summed E-state index contributed by atoms with van der Waals surface area (Å²) in [7, 11) is 0. The van der Waals surface area contributed by atoms with E-state index < -0.39 is 5.41 Å². The van der Waals surface area contributed by atoms with Crippen molar-refractivity contribution >= 4 is 11.9 Å². The predicted molar refractivity (Wildman–Crippen MR) is 31.9 cm³/mol. The van der Waals surface area contributed by atoms with Crippen molar-refractivity contribution in [2.75, 3.05) is 0 Å². The Bertz CT molecular complexity index is 221. The highest BCUT2D eigenvalue weighted by atomic mass is 16.6. The summed E-state index contributed by atoms with van der Waals surface area (Å²) in [6.45, 7) is 1.80. The van der Waals surface area contributed by atoms with Gasteiger partial charge in [-0.2, -0.15) is 0 Å². The zero-order valence-corrected chi connectivity index (χ0v) is 5.72. The number of ether oxygens (including phenoxy) is 1. The number of hydrogen-bond donors (Lipinski definition) is 0. The van der Waals surface area contributed by atoms with Gasteiger partial charge in [-0.3, -0.25) is 9.59 Å². The molecule has 10 heavy (non-hydrogen) atoms. The molecule has 1 aliphatic carbocycles. The summed E-state index contributed by atoms with van der Waals surface area (Å²) in [5.74, 6) is -0.771. The van der Waals surface area contributed by atoms with E-state index in [0.717, 1.165) is 12.8 Å². The molecule has 1 saturated heterocycles. The number of carbonyl (C=O) groups is 2. The second kappa shape index (κ2) is 1.41. The van der Waals surface area contributed by atoms with E-state index >= 15 is 0 Å². The molecule has 3 nitrogen and oxygen atoms in total. The summed E-state index contributed by atoms with van der Waals surface area (Å²) in [6.07, 6.45) is 1.63. The molecule has 2 unspecified atom stereocenters. The minimum atomic E-state index is -0.447. The lowest BCUT2D eigenvalue weighted by Gasteiger charge is -2.34. The first-order chi connectivity index (χ1) is 4.64. The molecule has 0 aromatic heterocycles. The summed E-state index contributed by atoms with van der Waals surface area (Å²) in [4.78, 5) is 21.7. The summed E-state index contributed by atoms with van der Waals surface area (Å²) in [5, 5.41) is 0. The van der Waals surface area contributed by atoms with Gasteiger partial charge in [0.1, 0.15) is 0 Å². The Kier molecular flexibility index (Phi) is 0.832. The van der Waals surface area contributed by atoms with Gasteiger partial charge in [-0.05, 0) is 19.8 Å². The lowest BCUT2D eigenvalue weighted by atomic mass is 9.63. The average molecular weight is 140 g/mol. The number of fused-ring (bicyclic) bond motifs is 1. The summed E-state index contributed by atoms with van der Waals surface area (Å²) in [6, 6.07) is 0. The van der Waals surface area contributed by atoms with Gasteiger partial charge in [0, 0.05) is 0 Å². The quantitative estimate of drug-likeness (QED) is 0.363. The number of cyclic esters (lactones) is 2. The van der Waals surface area contributed by atoms with Gasteiger partial charge in [0.2, 0.25) is 0 Å². The molecule has 2 rings (SSSR count). The topological polar surface area (TPSA) is 43.4 Å². The van der Waals surface area contributed by atoms with Crippen LogP contribution in [0.3, 0.4) is 0 Å². The highest BCUT2D eigenvalue weighted by Crippen LogP contribution is 2.51. The molecular weight excluding hydrogens is 132 g/mol. The minimum absolute atomic E-state index is 0.125. The van der Waals surface area contributed by atoms with Crippen molar-refractivity contribution < 1.29 is 14.3 Å². The van der Waals surface area contributed by atoms with Gasteiger partial charge < -0.3 is 4.74 Å². The zero-order valence-electron chi connectivity index (χ0n) is 5.72. The van der Waals surface area contributed by atoms with E-state index in [9.17, 15) is 9.59 Å². The monoisotopic (exact) mass is 140 g/mol. The Morgan fingerprint density at radius 3 is 2.50 bits per heavy atom. The van der Waals surface area contributed by atoms with Crippen LogP contribution in [-0.2, 0) is 14.3 Å². The summed E-state index contributed by atoms with van der Waals surface area (Å²) in [5.41, 5.74) is -0.447. The molecule has 2 fully saturated rings. The molecule has 54 valence electrons. The van der Waals surface area contributed by atoms with Gasteiger partial charge in [-0.1, -0.05) is 0 Å². The van der Waals surface area contributed by atoms with E-state index in [4.69, 9.17) is 0 Å². The predicted octanol–water partition coefficient (Wildman–Crippen LogP) is 0.486. The fourth-order valence-electron chi connectivity index (χ4n) is 1.62. The van der Waals surface area contributed by atoms with Crippen LogP contribution in [0.1, 0.15) is 19.8 Å². The van der Waals surface area contributed by atoms with Gasteiger partial charge >= 0.3 is 11.9 Å². The van der Waals surface area contributed by atoms with Crippen LogP contribution in [-0.4, -0.2) is 11.9 Å². The largest absolute Gasteiger partial charge is 0.392 e.